The first-order valence-electron chi connectivity index (χ1n) is 10.1. The lowest BCUT2D eigenvalue weighted by molar-refractivity contribution is -0.116. The van der Waals surface area contributed by atoms with Crippen molar-refractivity contribution in [2.75, 3.05) is 31.3 Å². The number of rotatable bonds is 5. The molecular formula is C21H21N5O3S3. The highest BCUT2D eigenvalue weighted by Crippen LogP contribution is 2.32. The van der Waals surface area contributed by atoms with Gasteiger partial charge in [-0.05, 0) is 48.7 Å². The van der Waals surface area contributed by atoms with Crippen LogP contribution in [0.3, 0.4) is 0 Å². The Morgan fingerprint density at radius 3 is 2.81 bits per heavy atom. The fraction of sp³-hybridized carbons (Fsp3) is 0.286. The molecule has 1 amide bonds. The Kier molecular flexibility index (Phi) is 5.44. The van der Waals surface area contributed by atoms with Crippen LogP contribution >= 0.6 is 23.1 Å². The van der Waals surface area contributed by atoms with Crippen LogP contribution in [-0.4, -0.2) is 59.6 Å². The molecule has 1 aliphatic heterocycles. The zero-order valence-corrected chi connectivity index (χ0v) is 20.0. The van der Waals surface area contributed by atoms with Crippen molar-refractivity contribution in [2.24, 2.45) is 0 Å². The van der Waals surface area contributed by atoms with E-state index in [1.54, 1.807) is 34.4 Å². The van der Waals surface area contributed by atoms with Crippen LogP contribution in [0.5, 0.6) is 0 Å². The molecule has 32 heavy (non-hydrogen) atoms. The largest absolute Gasteiger partial charge is 0.311 e. The summed E-state index contributed by atoms with van der Waals surface area (Å²) in [6, 6.07) is 13.0. The molecule has 0 saturated carbocycles. The van der Waals surface area contributed by atoms with Crippen LogP contribution in [0.4, 0.5) is 5.69 Å². The first-order valence-corrected chi connectivity index (χ1v) is 13.3. The number of anilines is 1. The average molecular weight is 488 g/mol. The van der Waals surface area contributed by atoms with Gasteiger partial charge in [-0.1, -0.05) is 35.2 Å². The summed E-state index contributed by atoms with van der Waals surface area (Å²) in [5.41, 5.74) is 2.70. The van der Waals surface area contributed by atoms with E-state index in [4.69, 9.17) is 0 Å². The molecule has 1 aliphatic rings. The van der Waals surface area contributed by atoms with Crippen molar-refractivity contribution in [1.82, 2.24) is 18.9 Å². The molecule has 2 aromatic carbocycles. The number of para-hydroxylation sites is 1. The van der Waals surface area contributed by atoms with Crippen molar-refractivity contribution in [2.45, 2.75) is 22.9 Å². The zero-order valence-electron chi connectivity index (χ0n) is 17.6. The van der Waals surface area contributed by atoms with Gasteiger partial charge in [0.05, 0.1) is 20.9 Å². The highest BCUT2D eigenvalue weighted by molar-refractivity contribution is 7.99. The number of nitrogens with zero attached hydrogens (tertiary/aromatic N) is 5. The number of aromatic nitrogens is 3. The van der Waals surface area contributed by atoms with Crippen LogP contribution in [0.2, 0.25) is 0 Å². The van der Waals surface area contributed by atoms with Gasteiger partial charge in [-0.2, -0.15) is 0 Å². The van der Waals surface area contributed by atoms with E-state index in [-0.39, 0.29) is 16.6 Å². The predicted octanol–water partition coefficient (Wildman–Crippen LogP) is 3.27. The first-order chi connectivity index (χ1) is 15.4. The van der Waals surface area contributed by atoms with Gasteiger partial charge in [0.15, 0.2) is 5.16 Å². The minimum atomic E-state index is -3.51. The quantitative estimate of drug-likeness (QED) is 0.402. The zero-order chi connectivity index (χ0) is 22.5. The predicted molar refractivity (Wildman–Crippen MR) is 127 cm³/mol. The average Bonchev–Trinajstić information content (AvgIpc) is 3.35. The summed E-state index contributed by atoms with van der Waals surface area (Å²) in [7, 11) is -0.485. The van der Waals surface area contributed by atoms with Crippen molar-refractivity contribution in [3.05, 3.63) is 48.0 Å². The Bertz CT molecular complexity index is 1440. The number of aryl methyl sites for hydroxylation is 1. The van der Waals surface area contributed by atoms with Crippen molar-refractivity contribution in [3.63, 3.8) is 0 Å². The highest BCUT2D eigenvalue weighted by Gasteiger charge is 2.26. The number of amides is 1. The second kappa shape index (κ2) is 8.14. The summed E-state index contributed by atoms with van der Waals surface area (Å²) in [5.74, 6) is 0.192. The standard InChI is InChI=1S/C21H21N5O3S3/c1-24(2)32(28,29)15-9-10-16-14(12-15)6-5-11-25(16)19(27)13-30-20-22-23-21-26(20)17-7-3-4-8-18(17)31-21/h3-4,7-10,12H,5-6,11,13H2,1-2H3. The van der Waals surface area contributed by atoms with Crippen molar-refractivity contribution >= 4 is 59.9 Å². The van der Waals surface area contributed by atoms with E-state index < -0.39 is 10.0 Å². The van der Waals surface area contributed by atoms with Crippen LogP contribution in [-0.2, 0) is 21.2 Å². The molecule has 0 unspecified atom stereocenters. The topological polar surface area (TPSA) is 87.9 Å². The molecule has 0 saturated heterocycles. The van der Waals surface area contributed by atoms with Gasteiger partial charge in [0.2, 0.25) is 20.9 Å². The monoisotopic (exact) mass is 487 g/mol. The maximum Gasteiger partial charge on any atom is 0.242 e. The molecular weight excluding hydrogens is 466 g/mol. The SMILES string of the molecule is CN(C)S(=O)(=O)c1ccc2c(c1)CCCN2C(=O)CSc1nnc2sc3ccccc3n12. The van der Waals surface area contributed by atoms with E-state index in [9.17, 15) is 13.2 Å². The van der Waals surface area contributed by atoms with Crippen molar-refractivity contribution < 1.29 is 13.2 Å². The fourth-order valence-corrected chi connectivity index (χ4v) is 6.65. The summed E-state index contributed by atoms with van der Waals surface area (Å²) in [5, 5.41) is 9.21. The summed E-state index contributed by atoms with van der Waals surface area (Å²) in [6.45, 7) is 0.614. The Morgan fingerprint density at radius 2 is 2.00 bits per heavy atom. The van der Waals surface area contributed by atoms with Gasteiger partial charge in [-0.3, -0.25) is 9.20 Å². The first kappa shape index (κ1) is 21.4. The van der Waals surface area contributed by atoms with E-state index in [1.807, 2.05) is 28.7 Å². The molecule has 4 aromatic rings. The van der Waals surface area contributed by atoms with E-state index in [1.165, 1.54) is 30.2 Å². The Hall–Kier alpha value is -2.47. The van der Waals surface area contributed by atoms with Crippen LogP contribution < -0.4 is 4.90 Å². The number of hydrogen-bond acceptors (Lipinski definition) is 7. The van der Waals surface area contributed by atoms with Crippen molar-refractivity contribution in [3.8, 4) is 0 Å². The van der Waals surface area contributed by atoms with E-state index in [0.29, 0.717) is 11.7 Å². The normalized spacial score (nSPS) is 14.4. The smallest absolute Gasteiger partial charge is 0.242 e. The third-order valence-electron chi connectivity index (χ3n) is 5.49. The molecule has 8 nitrogen and oxygen atoms in total. The Labute approximate surface area is 193 Å². The summed E-state index contributed by atoms with van der Waals surface area (Å²) < 4.78 is 29.3. The van der Waals surface area contributed by atoms with E-state index in [2.05, 4.69) is 10.2 Å². The lowest BCUT2D eigenvalue weighted by Gasteiger charge is -2.30. The minimum absolute atomic E-state index is 0.0320. The molecule has 0 N–H and O–H groups in total. The molecule has 5 rings (SSSR count). The second-order valence-electron chi connectivity index (χ2n) is 7.69. The maximum atomic E-state index is 13.1. The lowest BCUT2D eigenvalue weighted by Crippen LogP contribution is -2.37. The number of carbonyl (C=O) groups is 1. The van der Waals surface area contributed by atoms with Gasteiger partial charge >= 0.3 is 0 Å². The second-order valence-corrected chi connectivity index (χ2v) is 11.8. The van der Waals surface area contributed by atoms with E-state index in [0.717, 1.165) is 39.3 Å². The number of sulfonamides is 1. The summed E-state index contributed by atoms with van der Waals surface area (Å²) in [6.07, 6.45) is 1.54. The molecule has 3 heterocycles. The number of hydrogen-bond donors (Lipinski definition) is 0. The van der Waals surface area contributed by atoms with Gasteiger partial charge in [-0.15, -0.1) is 10.2 Å². The van der Waals surface area contributed by atoms with Crippen molar-refractivity contribution in [1.29, 1.82) is 0 Å². The minimum Gasteiger partial charge on any atom is -0.311 e. The van der Waals surface area contributed by atoms with Crippen LogP contribution in [0.25, 0.3) is 15.2 Å². The molecule has 2 aromatic heterocycles. The molecule has 0 bridgehead atoms. The molecule has 166 valence electrons. The van der Waals surface area contributed by atoms with Gasteiger partial charge in [0, 0.05) is 26.3 Å². The van der Waals surface area contributed by atoms with Gasteiger partial charge < -0.3 is 4.90 Å². The summed E-state index contributed by atoms with van der Waals surface area (Å²) in [4.78, 5) is 15.9. The number of carbonyl (C=O) groups excluding carboxylic acids is 1. The molecule has 11 heteroatoms. The third kappa shape index (κ3) is 3.58. The third-order valence-corrected chi connectivity index (χ3v) is 9.22. The lowest BCUT2D eigenvalue weighted by atomic mass is 10.0. The molecule has 0 aliphatic carbocycles. The Balaban J connectivity index is 1.38. The number of fused-ring (bicyclic) bond motifs is 4. The van der Waals surface area contributed by atoms with Crippen LogP contribution in [0.1, 0.15) is 12.0 Å². The van der Waals surface area contributed by atoms with Crippen LogP contribution in [0, 0.1) is 0 Å². The molecule has 0 fully saturated rings. The highest BCUT2D eigenvalue weighted by atomic mass is 32.2. The number of benzene rings is 2. The maximum absolute atomic E-state index is 13.1. The van der Waals surface area contributed by atoms with Crippen LogP contribution in [0.15, 0.2) is 52.5 Å². The number of thiazole rings is 1. The van der Waals surface area contributed by atoms with E-state index >= 15 is 0 Å². The fourth-order valence-electron chi connectivity index (χ4n) is 3.86. The molecule has 0 radical (unpaired) electrons. The summed E-state index contributed by atoms with van der Waals surface area (Å²) >= 11 is 2.93. The molecule has 0 atom stereocenters. The van der Waals surface area contributed by atoms with Gasteiger partial charge in [-0.25, -0.2) is 12.7 Å². The van der Waals surface area contributed by atoms with Gasteiger partial charge in [0.25, 0.3) is 0 Å². The number of thioether (sulfide) groups is 1. The Morgan fingerprint density at radius 1 is 1.19 bits per heavy atom. The van der Waals surface area contributed by atoms with Gasteiger partial charge in [0.1, 0.15) is 0 Å². The molecule has 0 spiro atoms.